The molecule has 0 aliphatic rings. The summed E-state index contributed by atoms with van der Waals surface area (Å²) in [5, 5.41) is 15.3. The highest BCUT2D eigenvalue weighted by atomic mass is 35.5. The molecule has 2 aromatic heterocycles. The molecule has 0 atom stereocenters. The molecule has 0 saturated heterocycles. The van der Waals surface area contributed by atoms with Gasteiger partial charge in [0, 0.05) is 21.8 Å². The molecule has 2 N–H and O–H groups in total. The Morgan fingerprint density at radius 1 is 1.07 bits per heavy atom. The van der Waals surface area contributed by atoms with Gasteiger partial charge in [0.15, 0.2) is 0 Å². The van der Waals surface area contributed by atoms with Crippen molar-refractivity contribution in [2.75, 3.05) is 5.32 Å². The van der Waals surface area contributed by atoms with Crippen LogP contribution in [0.2, 0.25) is 10.0 Å². The summed E-state index contributed by atoms with van der Waals surface area (Å²) in [4.78, 5) is 12.5. The number of H-pyrrole nitrogens is 1. The van der Waals surface area contributed by atoms with Crippen LogP contribution in [0.4, 0.5) is 5.69 Å². The van der Waals surface area contributed by atoms with Crippen LogP contribution in [0.15, 0.2) is 67.0 Å². The maximum Gasteiger partial charge on any atom is 0.273 e. The number of aromatic nitrogens is 4. The first-order valence-electron chi connectivity index (χ1n) is 8.46. The Morgan fingerprint density at radius 2 is 1.89 bits per heavy atom. The van der Waals surface area contributed by atoms with Crippen molar-refractivity contribution in [3.63, 3.8) is 0 Å². The quantitative estimate of drug-likeness (QED) is 0.491. The lowest BCUT2D eigenvalue weighted by Gasteiger charge is -2.02. The molecular weight excluding hydrogens is 397 g/mol. The average Bonchev–Trinajstić information content (AvgIpc) is 3.32. The summed E-state index contributed by atoms with van der Waals surface area (Å²) in [7, 11) is 0. The number of aromatic amines is 1. The molecule has 4 rings (SSSR count). The summed E-state index contributed by atoms with van der Waals surface area (Å²) in [6, 6.07) is 16.5. The van der Waals surface area contributed by atoms with Gasteiger partial charge >= 0.3 is 0 Å². The Morgan fingerprint density at radius 3 is 2.68 bits per heavy atom. The second-order valence-electron chi connectivity index (χ2n) is 6.18. The fourth-order valence-corrected chi connectivity index (χ4v) is 3.08. The lowest BCUT2D eigenvalue weighted by molar-refractivity contribution is 0.102. The summed E-state index contributed by atoms with van der Waals surface area (Å²) in [5.41, 5.74) is 3.50. The summed E-state index contributed by atoms with van der Waals surface area (Å²) in [6.07, 6.45) is 3.36. The number of nitrogens with one attached hydrogen (secondary N) is 2. The van der Waals surface area contributed by atoms with E-state index in [0.29, 0.717) is 33.7 Å². The third-order valence-electron chi connectivity index (χ3n) is 4.09. The number of halogens is 2. The monoisotopic (exact) mass is 411 g/mol. The standard InChI is InChI=1S/C20H15Cl2N5O/c21-15-6-4-14(5-7-15)18-9-19(26-25-18)20(28)24-17-10-23-27(12-17)11-13-2-1-3-16(22)8-13/h1-10,12H,11H2,(H,24,28)(H,25,26). The van der Waals surface area contributed by atoms with Gasteiger partial charge < -0.3 is 5.32 Å². The number of hydrogen-bond donors (Lipinski definition) is 2. The van der Waals surface area contributed by atoms with Gasteiger partial charge in [-0.15, -0.1) is 0 Å². The highest BCUT2D eigenvalue weighted by Crippen LogP contribution is 2.20. The predicted molar refractivity (Wildman–Crippen MR) is 110 cm³/mol. The summed E-state index contributed by atoms with van der Waals surface area (Å²) >= 11 is 11.9. The largest absolute Gasteiger partial charge is 0.318 e. The van der Waals surface area contributed by atoms with Crippen LogP contribution in [-0.4, -0.2) is 25.9 Å². The SMILES string of the molecule is O=C(Nc1cnn(Cc2cccc(Cl)c2)c1)c1cc(-c2ccc(Cl)cc2)n[nH]1. The molecule has 0 fully saturated rings. The van der Waals surface area contributed by atoms with Crippen molar-refractivity contribution >= 4 is 34.8 Å². The molecule has 0 unspecified atom stereocenters. The molecule has 0 radical (unpaired) electrons. The average molecular weight is 412 g/mol. The van der Waals surface area contributed by atoms with Crippen molar-refractivity contribution in [1.29, 1.82) is 0 Å². The summed E-state index contributed by atoms with van der Waals surface area (Å²) < 4.78 is 1.73. The van der Waals surface area contributed by atoms with E-state index in [1.165, 1.54) is 0 Å². The highest BCUT2D eigenvalue weighted by Gasteiger charge is 2.12. The second-order valence-corrected chi connectivity index (χ2v) is 7.06. The van der Waals surface area contributed by atoms with Crippen molar-refractivity contribution in [3.05, 3.63) is 88.3 Å². The molecule has 0 spiro atoms. The third-order valence-corrected chi connectivity index (χ3v) is 4.57. The van der Waals surface area contributed by atoms with Gasteiger partial charge in [-0.1, -0.05) is 47.5 Å². The van der Waals surface area contributed by atoms with E-state index < -0.39 is 0 Å². The van der Waals surface area contributed by atoms with Crippen LogP contribution in [-0.2, 0) is 6.54 Å². The Bertz CT molecular complexity index is 1120. The first kappa shape index (κ1) is 18.3. The number of amides is 1. The van der Waals surface area contributed by atoms with Crippen LogP contribution in [0.3, 0.4) is 0 Å². The van der Waals surface area contributed by atoms with E-state index in [1.807, 2.05) is 36.4 Å². The van der Waals surface area contributed by atoms with Gasteiger partial charge in [0.1, 0.15) is 5.69 Å². The molecule has 0 aliphatic carbocycles. The summed E-state index contributed by atoms with van der Waals surface area (Å²) in [5.74, 6) is -0.296. The van der Waals surface area contributed by atoms with E-state index >= 15 is 0 Å². The van der Waals surface area contributed by atoms with Crippen molar-refractivity contribution in [1.82, 2.24) is 20.0 Å². The highest BCUT2D eigenvalue weighted by molar-refractivity contribution is 6.30. The first-order chi connectivity index (χ1) is 13.6. The number of carbonyl (C=O) groups excluding carboxylic acids is 1. The zero-order chi connectivity index (χ0) is 19.5. The van der Waals surface area contributed by atoms with Crippen molar-refractivity contribution in [2.45, 2.75) is 6.54 Å². The minimum absolute atomic E-state index is 0.296. The Hall–Kier alpha value is -3.09. The van der Waals surface area contributed by atoms with Crippen LogP contribution in [0.1, 0.15) is 16.1 Å². The molecule has 4 aromatic rings. The number of rotatable bonds is 5. The molecule has 0 saturated carbocycles. The van der Waals surface area contributed by atoms with E-state index in [9.17, 15) is 4.79 Å². The van der Waals surface area contributed by atoms with E-state index in [2.05, 4.69) is 20.6 Å². The normalized spacial score (nSPS) is 10.8. The zero-order valence-corrected chi connectivity index (χ0v) is 16.1. The maximum absolute atomic E-state index is 12.5. The van der Waals surface area contributed by atoms with Gasteiger partial charge in [0.2, 0.25) is 0 Å². The Labute approximate surface area is 171 Å². The van der Waals surface area contributed by atoms with Crippen molar-refractivity contribution in [3.8, 4) is 11.3 Å². The fraction of sp³-hybridized carbons (Fsp3) is 0.0500. The van der Waals surface area contributed by atoms with E-state index in [4.69, 9.17) is 23.2 Å². The van der Waals surface area contributed by atoms with Gasteiger partial charge in [0.25, 0.3) is 5.91 Å². The summed E-state index contributed by atoms with van der Waals surface area (Å²) in [6.45, 7) is 0.557. The molecule has 8 heteroatoms. The number of anilines is 1. The number of nitrogens with zero attached hydrogens (tertiary/aromatic N) is 3. The van der Waals surface area contributed by atoms with Crippen molar-refractivity contribution in [2.24, 2.45) is 0 Å². The minimum Gasteiger partial charge on any atom is -0.318 e. The lowest BCUT2D eigenvalue weighted by atomic mass is 10.1. The topological polar surface area (TPSA) is 75.6 Å². The van der Waals surface area contributed by atoms with Gasteiger partial charge in [-0.25, -0.2) is 0 Å². The second kappa shape index (κ2) is 7.88. The molecule has 28 heavy (non-hydrogen) atoms. The molecule has 1 amide bonds. The van der Waals surface area contributed by atoms with Crippen LogP contribution in [0.25, 0.3) is 11.3 Å². The molecule has 0 aliphatic heterocycles. The van der Waals surface area contributed by atoms with Crippen LogP contribution in [0, 0.1) is 0 Å². The fourth-order valence-electron chi connectivity index (χ4n) is 2.74. The molecular formula is C20H15Cl2N5O. The van der Waals surface area contributed by atoms with E-state index in [1.54, 1.807) is 35.3 Å². The molecule has 2 heterocycles. The van der Waals surface area contributed by atoms with Crippen LogP contribution < -0.4 is 5.32 Å². The molecule has 0 bridgehead atoms. The molecule has 2 aromatic carbocycles. The van der Waals surface area contributed by atoms with Gasteiger partial charge in [-0.05, 0) is 35.9 Å². The Kier molecular flexibility index (Phi) is 5.14. The Balaban J connectivity index is 1.43. The van der Waals surface area contributed by atoms with Gasteiger partial charge in [-0.3, -0.25) is 14.6 Å². The first-order valence-corrected chi connectivity index (χ1v) is 9.22. The molecule has 140 valence electrons. The number of carbonyl (C=O) groups is 1. The van der Waals surface area contributed by atoms with Gasteiger partial charge in [-0.2, -0.15) is 10.2 Å². The smallest absolute Gasteiger partial charge is 0.273 e. The molecule has 6 nitrogen and oxygen atoms in total. The van der Waals surface area contributed by atoms with Crippen molar-refractivity contribution < 1.29 is 4.79 Å². The lowest BCUT2D eigenvalue weighted by Crippen LogP contribution is -2.11. The van der Waals surface area contributed by atoms with Crippen LogP contribution >= 0.6 is 23.2 Å². The predicted octanol–water partition coefficient (Wildman–Crippen LogP) is 4.88. The third kappa shape index (κ3) is 4.24. The van der Waals surface area contributed by atoms with E-state index in [0.717, 1.165) is 11.1 Å². The van der Waals surface area contributed by atoms with Gasteiger partial charge in [0.05, 0.1) is 24.1 Å². The number of benzene rings is 2. The number of hydrogen-bond acceptors (Lipinski definition) is 3. The van der Waals surface area contributed by atoms with Crippen LogP contribution in [0.5, 0.6) is 0 Å². The zero-order valence-electron chi connectivity index (χ0n) is 14.6. The van der Waals surface area contributed by atoms with E-state index in [-0.39, 0.29) is 5.91 Å². The minimum atomic E-state index is -0.296. The maximum atomic E-state index is 12.5.